The van der Waals surface area contributed by atoms with Crippen LogP contribution in [0.5, 0.6) is 0 Å². The number of carbonyl (C=O) groups excluding carboxylic acids is 2. The molecule has 1 heterocycles. The number of ketones is 1. The molecular weight excluding hydrogens is 380 g/mol. The van der Waals surface area contributed by atoms with Crippen molar-refractivity contribution in [2.45, 2.75) is 46.8 Å². The quantitative estimate of drug-likeness (QED) is 0.271. The molecule has 0 saturated heterocycles. The number of Topliss-reactive ketones (excluding diaryl/α,β-unsaturated/α-hetero) is 1. The average Bonchev–Trinajstić information content (AvgIpc) is 3.02. The van der Waals surface area contributed by atoms with Crippen molar-refractivity contribution in [2.75, 3.05) is 13.7 Å². The zero-order valence-electron chi connectivity index (χ0n) is 18.2. The number of methoxy groups -OCH3 is 1. The number of carbonyl (C=O) groups is 2. The number of aromatic nitrogens is 1. The predicted molar refractivity (Wildman–Crippen MR) is 115 cm³/mol. The minimum Gasteiger partial charge on any atom is -0.450 e. The lowest BCUT2D eigenvalue weighted by atomic mass is 10.0. The first-order valence-electron chi connectivity index (χ1n) is 9.93. The third-order valence-corrected chi connectivity index (χ3v) is 5.07. The highest BCUT2D eigenvalue weighted by Crippen LogP contribution is 2.19. The van der Waals surface area contributed by atoms with Crippen LogP contribution in [0, 0.1) is 25.2 Å². The van der Waals surface area contributed by atoms with E-state index in [4.69, 9.17) is 9.47 Å². The molecule has 1 aromatic heterocycles. The van der Waals surface area contributed by atoms with Gasteiger partial charge in [0.15, 0.2) is 6.10 Å². The van der Waals surface area contributed by atoms with Gasteiger partial charge in [-0.2, -0.15) is 5.26 Å². The molecule has 6 nitrogen and oxygen atoms in total. The second kappa shape index (κ2) is 10.6. The number of aryl methyl sites for hydroxylation is 2. The lowest BCUT2D eigenvalue weighted by Crippen LogP contribution is -2.25. The number of benzene rings is 1. The fourth-order valence-corrected chi connectivity index (χ4v) is 3.21. The Kier molecular flexibility index (Phi) is 8.14. The van der Waals surface area contributed by atoms with Gasteiger partial charge in [0, 0.05) is 30.6 Å². The highest BCUT2D eigenvalue weighted by Gasteiger charge is 2.22. The zero-order chi connectivity index (χ0) is 22.3. The molecule has 0 unspecified atom stereocenters. The first-order valence-corrected chi connectivity index (χ1v) is 9.93. The van der Waals surface area contributed by atoms with Gasteiger partial charge in [0.05, 0.1) is 6.61 Å². The molecule has 0 aliphatic rings. The van der Waals surface area contributed by atoms with Gasteiger partial charge in [0.2, 0.25) is 5.78 Å². The highest BCUT2D eigenvalue weighted by atomic mass is 16.5. The van der Waals surface area contributed by atoms with Crippen LogP contribution in [0.3, 0.4) is 0 Å². The minimum absolute atomic E-state index is 0.150. The summed E-state index contributed by atoms with van der Waals surface area (Å²) in [5.74, 6) is -1.12. The van der Waals surface area contributed by atoms with Crippen molar-refractivity contribution in [2.24, 2.45) is 0 Å². The summed E-state index contributed by atoms with van der Waals surface area (Å²) in [7, 11) is 1.64. The molecule has 0 aliphatic carbocycles. The average molecular weight is 408 g/mol. The first kappa shape index (κ1) is 23.1. The van der Waals surface area contributed by atoms with Crippen molar-refractivity contribution < 1.29 is 19.1 Å². The van der Waals surface area contributed by atoms with Gasteiger partial charge >= 0.3 is 5.97 Å². The maximum absolute atomic E-state index is 12.6. The number of rotatable bonds is 9. The fourth-order valence-electron chi connectivity index (χ4n) is 3.21. The largest absolute Gasteiger partial charge is 0.450 e. The molecular formula is C24H28N2O4. The summed E-state index contributed by atoms with van der Waals surface area (Å²) < 4.78 is 12.5. The molecule has 1 atom stereocenters. The molecule has 0 saturated carbocycles. The van der Waals surface area contributed by atoms with Crippen LogP contribution in [0.1, 0.15) is 46.7 Å². The van der Waals surface area contributed by atoms with Gasteiger partial charge in [0.1, 0.15) is 11.6 Å². The van der Waals surface area contributed by atoms with Crippen molar-refractivity contribution in [3.8, 4) is 6.07 Å². The van der Waals surface area contributed by atoms with E-state index in [9.17, 15) is 14.9 Å². The Balaban J connectivity index is 2.15. The molecule has 0 radical (unpaired) electrons. The van der Waals surface area contributed by atoms with Gasteiger partial charge < -0.3 is 14.0 Å². The van der Waals surface area contributed by atoms with E-state index in [0.29, 0.717) is 18.7 Å². The van der Waals surface area contributed by atoms with Crippen LogP contribution in [-0.2, 0) is 27.2 Å². The van der Waals surface area contributed by atoms with Crippen LogP contribution in [0.4, 0.5) is 0 Å². The summed E-state index contributed by atoms with van der Waals surface area (Å²) >= 11 is 0. The Labute approximate surface area is 177 Å². The topological polar surface area (TPSA) is 81.3 Å². The van der Waals surface area contributed by atoms with Gasteiger partial charge in [-0.1, -0.05) is 31.2 Å². The number of ether oxygens (including phenoxy) is 2. The Bertz CT molecular complexity index is 978. The van der Waals surface area contributed by atoms with Crippen LogP contribution in [0.2, 0.25) is 0 Å². The lowest BCUT2D eigenvalue weighted by Gasteiger charge is -2.12. The maximum Gasteiger partial charge on any atom is 0.349 e. The van der Waals surface area contributed by atoms with E-state index in [1.807, 2.05) is 45.0 Å². The molecule has 0 N–H and O–H groups in total. The Morgan fingerprint density at radius 1 is 1.23 bits per heavy atom. The van der Waals surface area contributed by atoms with Gasteiger partial charge in [-0.3, -0.25) is 4.79 Å². The molecule has 2 aromatic rings. The number of hydrogen-bond donors (Lipinski definition) is 0. The molecule has 30 heavy (non-hydrogen) atoms. The number of esters is 1. The molecule has 0 amide bonds. The normalized spacial score (nSPS) is 12.3. The molecule has 0 aliphatic heterocycles. The molecule has 0 bridgehead atoms. The van der Waals surface area contributed by atoms with Gasteiger partial charge in [-0.15, -0.1) is 0 Å². The van der Waals surface area contributed by atoms with Crippen LogP contribution in [0.15, 0.2) is 35.9 Å². The van der Waals surface area contributed by atoms with E-state index < -0.39 is 12.1 Å². The van der Waals surface area contributed by atoms with Gasteiger partial charge in [-0.05, 0) is 50.5 Å². The van der Waals surface area contributed by atoms with Crippen molar-refractivity contribution in [3.63, 3.8) is 0 Å². The summed E-state index contributed by atoms with van der Waals surface area (Å²) in [6.45, 7) is 8.66. The van der Waals surface area contributed by atoms with E-state index in [0.717, 1.165) is 28.9 Å². The van der Waals surface area contributed by atoms with Gasteiger partial charge in [0.25, 0.3) is 0 Å². The summed E-state index contributed by atoms with van der Waals surface area (Å²) in [6, 6.07) is 11.0. The number of hydrogen-bond acceptors (Lipinski definition) is 5. The van der Waals surface area contributed by atoms with Crippen LogP contribution in [-0.4, -0.2) is 36.1 Å². The van der Waals surface area contributed by atoms with Crippen molar-refractivity contribution in [1.29, 1.82) is 5.26 Å². The van der Waals surface area contributed by atoms with Crippen molar-refractivity contribution in [3.05, 3.63) is 64.0 Å². The summed E-state index contributed by atoms with van der Waals surface area (Å²) in [5, 5.41) is 9.46. The summed E-state index contributed by atoms with van der Waals surface area (Å²) in [5.41, 5.74) is 4.12. The molecule has 6 heteroatoms. The predicted octanol–water partition coefficient (Wildman–Crippen LogP) is 4.04. The lowest BCUT2D eigenvalue weighted by molar-refractivity contribution is -0.141. The van der Waals surface area contributed by atoms with E-state index in [2.05, 4.69) is 4.57 Å². The van der Waals surface area contributed by atoms with Crippen LogP contribution >= 0.6 is 0 Å². The third-order valence-electron chi connectivity index (χ3n) is 5.07. The second-order valence-electron chi connectivity index (χ2n) is 7.10. The highest BCUT2D eigenvalue weighted by molar-refractivity contribution is 6.03. The van der Waals surface area contributed by atoms with E-state index in [1.165, 1.54) is 13.0 Å². The number of nitriles is 1. The molecule has 2 rings (SSSR count). The summed E-state index contributed by atoms with van der Waals surface area (Å²) in [4.78, 5) is 25.1. The first-order chi connectivity index (χ1) is 14.3. The Hall–Kier alpha value is -3.17. The van der Waals surface area contributed by atoms with Crippen molar-refractivity contribution in [1.82, 2.24) is 4.57 Å². The van der Waals surface area contributed by atoms with Crippen LogP contribution in [0.25, 0.3) is 6.08 Å². The SMILES string of the molecule is CCc1ccc(C(=O)[C@@H](C)OC(=O)/C(C#N)=C/c2cc(C)n(CCOC)c2C)cc1. The summed E-state index contributed by atoms with van der Waals surface area (Å²) in [6.07, 6.45) is 1.39. The fraction of sp³-hybridized carbons (Fsp3) is 0.375. The standard InChI is InChI=1S/C24H28N2O4/c1-6-19-7-9-20(10-8-19)23(27)18(4)30-24(28)22(15-25)14-21-13-16(2)26(17(21)3)11-12-29-5/h7-10,13-14,18H,6,11-12H2,1-5H3/b22-14+/t18-/m1/s1. The van der Waals surface area contributed by atoms with E-state index in [-0.39, 0.29) is 11.4 Å². The van der Waals surface area contributed by atoms with E-state index in [1.54, 1.807) is 19.2 Å². The molecule has 1 aromatic carbocycles. The Morgan fingerprint density at radius 3 is 2.47 bits per heavy atom. The Morgan fingerprint density at radius 2 is 1.90 bits per heavy atom. The minimum atomic E-state index is -0.990. The monoisotopic (exact) mass is 408 g/mol. The third kappa shape index (κ3) is 5.46. The maximum atomic E-state index is 12.6. The zero-order valence-corrected chi connectivity index (χ0v) is 18.2. The second-order valence-corrected chi connectivity index (χ2v) is 7.10. The van der Waals surface area contributed by atoms with Crippen molar-refractivity contribution >= 4 is 17.8 Å². The van der Waals surface area contributed by atoms with E-state index >= 15 is 0 Å². The molecule has 0 spiro atoms. The van der Waals surface area contributed by atoms with Gasteiger partial charge in [-0.25, -0.2) is 4.79 Å². The molecule has 0 fully saturated rings. The molecule has 158 valence electrons. The van der Waals surface area contributed by atoms with Crippen LogP contribution < -0.4 is 0 Å². The number of nitrogens with zero attached hydrogens (tertiary/aromatic N) is 2. The smallest absolute Gasteiger partial charge is 0.349 e.